The van der Waals surface area contributed by atoms with Crippen LogP contribution in [-0.2, 0) is 9.53 Å². The normalized spacial score (nSPS) is 11.2. The minimum atomic E-state index is -0.453. The Morgan fingerprint density at radius 1 is 1.22 bits per heavy atom. The Balaban J connectivity index is 2.45. The standard InChI is InChI=1S/C13H16Br2O3/c1-13(2,3)18-11(16)7-8-17-12-9(14)5-4-6-10(12)15/h4-6H,7-8H2,1-3H3. The van der Waals surface area contributed by atoms with Gasteiger partial charge in [0.05, 0.1) is 22.0 Å². The number of esters is 1. The summed E-state index contributed by atoms with van der Waals surface area (Å²) in [6.45, 7) is 5.82. The molecule has 0 aliphatic rings. The average Bonchev–Trinajstić information content (AvgIpc) is 2.19. The van der Waals surface area contributed by atoms with E-state index in [0.29, 0.717) is 5.75 Å². The van der Waals surface area contributed by atoms with Gasteiger partial charge in [0.1, 0.15) is 11.4 Å². The smallest absolute Gasteiger partial charge is 0.309 e. The molecule has 1 aromatic rings. The van der Waals surface area contributed by atoms with Crippen molar-refractivity contribution >= 4 is 37.8 Å². The van der Waals surface area contributed by atoms with Crippen molar-refractivity contribution in [2.45, 2.75) is 32.8 Å². The first-order chi connectivity index (χ1) is 8.29. The Labute approximate surface area is 124 Å². The minimum absolute atomic E-state index is 0.227. The fraction of sp³-hybridized carbons (Fsp3) is 0.462. The van der Waals surface area contributed by atoms with Gasteiger partial charge in [-0.25, -0.2) is 0 Å². The molecule has 0 aliphatic carbocycles. The average molecular weight is 380 g/mol. The zero-order chi connectivity index (χ0) is 13.8. The van der Waals surface area contributed by atoms with Crippen LogP contribution in [-0.4, -0.2) is 18.2 Å². The van der Waals surface area contributed by atoms with Gasteiger partial charge in [-0.1, -0.05) is 6.07 Å². The summed E-state index contributed by atoms with van der Waals surface area (Å²) in [5.41, 5.74) is -0.453. The van der Waals surface area contributed by atoms with Crippen molar-refractivity contribution in [2.75, 3.05) is 6.61 Å². The third-order valence-electron chi connectivity index (χ3n) is 1.89. The van der Waals surface area contributed by atoms with E-state index in [1.807, 2.05) is 39.0 Å². The number of para-hydroxylation sites is 1. The summed E-state index contributed by atoms with van der Waals surface area (Å²) in [6.07, 6.45) is 0.227. The molecule has 0 spiro atoms. The van der Waals surface area contributed by atoms with Crippen molar-refractivity contribution in [1.82, 2.24) is 0 Å². The lowest BCUT2D eigenvalue weighted by molar-refractivity contribution is -0.155. The van der Waals surface area contributed by atoms with Crippen molar-refractivity contribution in [2.24, 2.45) is 0 Å². The van der Waals surface area contributed by atoms with Crippen LogP contribution in [0.15, 0.2) is 27.1 Å². The van der Waals surface area contributed by atoms with Crippen LogP contribution in [0.3, 0.4) is 0 Å². The van der Waals surface area contributed by atoms with Gasteiger partial charge in [-0.15, -0.1) is 0 Å². The zero-order valence-electron chi connectivity index (χ0n) is 10.6. The van der Waals surface area contributed by atoms with Crippen molar-refractivity contribution in [3.63, 3.8) is 0 Å². The van der Waals surface area contributed by atoms with Gasteiger partial charge in [0.25, 0.3) is 0 Å². The molecular formula is C13H16Br2O3. The topological polar surface area (TPSA) is 35.5 Å². The molecule has 0 amide bonds. The van der Waals surface area contributed by atoms with Crippen LogP contribution in [0.1, 0.15) is 27.2 Å². The van der Waals surface area contributed by atoms with Crippen LogP contribution in [0, 0.1) is 0 Å². The Hall–Kier alpha value is -0.550. The van der Waals surface area contributed by atoms with Crippen molar-refractivity contribution in [3.8, 4) is 5.75 Å². The first-order valence-corrected chi connectivity index (χ1v) is 7.17. The molecule has 0 bridgehead atoms. The number of rotatable bonds is 4. The Kier molecular flexibility index (Phi) is 5.66. The van der Waals surface area contributed by atoms with Crippen molar-refractivity contribution < 1.29 is 14.3 Å². The van der Waals surface area contributed by atoms with Gasteiger partial charge >= 0.3 is 5.97 Å². The summed E-state index contributed by atoms with van der Waals surface area (Å²) in [7, 11) is 0. The molecule has 18 heavy (non-hydrogen) atoms. The predicted octanol–water partition coefficient (Wildman–Crippen LogP) is 4.32. The lowest BCUT2D eigenvalue weighted by atomic mass is 10.2. The number of hydrogen-bond donors (Lipinski definition) is 0. The Morgan fingerprint density at radius 3 is 2.28 bits per heavy atom. The molecule has 0 heterocycles. The van der Waals surface area contributed by atoms with E-state index in [4.69, 9.17) is 9.47 Å². The molecule has 0 aliphatic heterocycles. The Bertz CT molecular complexity index is 404. The van der Waals surface area contributed by atoms with Gasteiger partial charge in [-0.05, 0) is 64.8 Å². The number of carbonyl (C=O) groups is 1. The van der Waals surface area contributed by atoms with E-state index in [0.717, 1.165) is 8.95 Å². The van der Waals surface area contributed by atoms with E-state index >= 15 is 0 Å². The van der Waals surface area contributed by atoms with Crippen molar-refractivity contribution in [1.29, 1.82) is 0 Å². The van der Waals surface area contributed by atoms with Crippen LogP contribution in [0.5, 0.6) is 5.75 Å². The molecule has 0 saturated heterocycles. The van der Waals surface area contributed by atoms with Crippen LogP contribution < -0.4 is 4.74 Å². The molecule has 0 radical (unpaired) electrons. The number of halogens is 2. The quantitative estimate of drug-likeness (QED) is 0.730. The van der Waals surface area contributed by atoms with E-state index in [1.54, 1.807) is 0 Å². The maximum absolute atomic E-state index is 11.5. The maximum atomic E-state index is 11.5. The monoisotopic (exact) mass is 378 g/mol. The summed E-state index contributed by atoms with van der Waals surface area (Å²) in [4.78, 5) is 11.5. The first kappa shape index (κ1) is 15.5. The maximum Gasteiger partial charge on any atom is 0.309 e. The predicted molar refractivity (Wildman–Crippen MR) is 77.8 cm³/mol. The highest BCUT2D eigenvalue weighted by atomic mass is 79.9. The van der Waals surface area contributed by atoms with Gasteiger partial charge < -0.3 is 9.47 Å². The fourth-order valence-corrected chi connectivity index (χ4v) is 2.48. The number of benzene rings is 1. The molecule has 0 aromatic heterocycles. The van der Waals surface area contributed by atoms with Gasteiger partial charge in [0, 0.05) is 0 Å². The first-order valence-electron chi connectivity index (χ1n) is 5.58. The fourth-order valence-electron chi connectivity index (χ4n) is 1.25. The highest BCUT2D eigenvalue weighted by Crippen LogP contribution is 2.32. The zero-order valence-corrected chi connectivity index (χ0v) is 13.8. The third-order valence-corrected chi connectivity index (χ3v) is 3.14. The van der Waals surface area contributed by atoms with E-state index in [1.165, 1.54) is 0 Å². The second-order valence-corrected chi connectivity index (χ2v) is 6.44. The molecule has 0 saturated carbocycles. The highest BCUT2D eigenvalue weighted by molar-refractivity contribution is 9.11. The SMILES string of the molecule is CC(C)(C)OC(=O)CCOc1c(Br)cccc1Br. The summed E-state index contributed by atoms with van der Waals surface area (Å²) in [5.74, 6) is 0.437. The van der Waals surface area contributed by atoms with Gasteiger partial charge in [0.2, 0.25) is 0 Å². The molecule has 100 valence electrons. The summed E-state index contributed by atoms with van der Waals surface area (Å²) in [6, 6.07) is 5.66. The van der Waals surface area contributed by atoms with Gasteiger partial charge in [-0.2, -0.15) is 0 Å². The summed E-state index contributed by atoms with van der Waals surface area (Å²) in [5, 5.41) is 0. The van der Waals surface area contributed by atoms with Crippen LogP contribution >= 0.6 is 31.9 Å². The lowest BCUT2D eigenvalue weighted by Crippen LogP contribution is -2.24. The third kappa shape index (κ3) is 5.40. The molecule has 0 fully saturated rings. The van der Waals surface area contributed by atoms with E-state index in [9.17, 15) is 4.79 Å². The molecule has 1 rings (SSSR count). The largest absolute Gasteiger partial charge is 0.491 e. The van der Waals surface area contributed by atoms with Crippen LogP contribution in [0.25, 0.3) is 0 Å². The minimum Gasteiger partial charge on any atom is -0.491 e. The van der Waals surface area contributed by atoms with Gasteiger partial charge in [-0.3, -0.25) is 4.79 Å². The molecule has 1 aromatic carbocycles. The molecule has 0 atom stereocenters. The number of hydrogen-bond acceptors (Lipinski definition) is 3. The van der Waals surface area contributed by atoms with E-state index in [2.05, 4.69) is 31.9 Å². The van der Waals surface area contributed by atoms with Gasteiger partial charge in [0.15, 0.2) is 0 Å². The number of carbonyl (C=O) groups excluding carboxylic acids is 1. The second-order valence-electron chi connectivity index (χ2n) is 4.74. The Morgan fingerprint density at radius 2 is 1.78 bits per heavy atom. The molecule has 0 N–H and O–H groups in total. The summed E-state index contributed by atoms with van der Waals surface area (Å²) >= 11 is 6.78. The molecule has 0 unspecified atom stereocenters. The van der Waals surface area contributed by atoms with Crippen LogP contribution in [0.4, 0.5) is 0 Å². The molecule has 5 heteroatoms. The highest BCUT2D eigenvalue weighted by Gasteiger charge is 2.16. The number of ether oxygens (including phenoxy) is 2. The molecular weight excluding hydrogens is 364 g/mol. The van der Waals surface area contributed by atoms with E-state index in [-0.39, 0.29) is 19.0 Å². The van der Waals surface area contributed by atoms with Crippen LogP contribution in [0.2, 0.25) is 0 Å². The van der Waals surface area contributed by atoms with E-state index < -0.39 is 5.60 Å². The summed E-state index contributed by atoms with van der Waals surface area (Å²) < 4.78 is 12.4. The second kappa shape index (κ2) is 6.57. The van der Waals surface area contributed by atoms with Crippen molar-refractivity contribution in [3.05, 3.63) is 27.1 Å². The molecule has 3 nitrogen and oxygen atoms in total. The lowest BCUT2D eigenvalue weighted by Gasteiger charge is -2.19.